The highest BCUT2D eigenvalue weighted by Crippen LogP contribution is 2.49. The topological polar surface area (TPSA) is 0 Å². The van der Waals surface area contributed by atoms with E-state index in [1.807, 2.05) is 0 Å². The number of hydrogen-bond acceptors (Lipinski definition) is 0. The standard InChI is InChI=1S/C54H39B/c1-6-19-38(20-7-1)42-27-18-30-44(35-42)55(43-28-14-5-15-29-43)45-33-34-48-51(36-45)46-31-16-17-32-47(46)53-50(40-23-10-3-11-24-40)37-49(39-21-8-2-9-22-39)52(54(48)53)41-25-12-4-13-26-41/h1-15,17-30,32-37H,16,31H2. The van der Waals surface area contributed by atoms with Crippen molar-refractivity contribution in [2.45, 2.75) is 12.8 Å². The molecule has 1 aliphatic carbocycles. The predicted molar refractivity (Wildman–Crippen MR) is 238 cm³/mol. The summed E-state index contributed by atoms with van der Waals surface area (Å²) in [4.78, 5) is 0. The van der Waals surface area contributed by atoms with E-state index < -0.39 is 0 Å². The molecule has 0 spiro atoms. The molecular formula is C54H39B. The molecule has 9 aromatic carbocycles. The SMILES string of the molecule is C1=Cc2c(c3cc(B(c4ccccc4)c4cccc(-c5ccccc5)c4)ccc3c3c(-c4ccccc4)c(-c4ccccc4)cc(-c4ccccc4)c23)CC1. The fraction of sp³-hybridized carbons (Fsp3) is 0.0370. The Morgan fingerprint density at radius 1 is 0.364 bits per heavy atom. The van der Waals surface area contributed by atoms with Gasteiger partial charge >= 0.3 is 0 Å². The number of fused-ring (bicyclic) bond motifs is 6. The Bertz CT molecular complexity index is 2820. The molecule has 0 radical (unpaired) electrons. The van der Waals surface area contributed by atoms with Crippen molar-refractivity contribution in [1.29, 1.82) is 0 Å². The molecule has 0 aliphatic heterocycles. The van der Waals surface area contributed by atoms with E-state index in [2.05, 4.69) is 212 Å². The Morgan fingerprint density at radius 3 is 1.58 bits per heavy atom. The number of allylic oxidation sites excluding steroid dienone is 1. The van der Waals surface area contributed by atoms with E-state index in [0.717, 1.165) is 12.8 Å². The van der Waals surface area contributed by atoms with Crippen LogP contribution in [0.25, 0.3) is 72.1 Å². The van der Waals surface area contributed by atoms with Crippen molar-refractivity contribution in [3.05, 3.63) is 217 Å². The molecule has 1 heteroatoms. The van der Waals surface area contributed by atoms with Gasteiger partial charge in [0.15, 0.2) is 0 Å². The molecule has 0 saturated heterocycles. The van der Waals surface area contributed by atoms with Gasteiger partial charge in [-0.3, -0.25) is 0 Å². The molecule has 0 nitrogen and oxygen atoms in total. The number of hydrogen-bond donors (Lipinski definition) is 0. The summed E-state index contributed by atoms with van der Waals surface area (Å²) in [6, 6.07) is 73.8. The number of aryl methyl sites for hydroxylation is 1. The first-order valence-electron chi connectivity index (χ1n) is 19.4. The van der Waals surface area contributed by atoms with Crippen molar-refractivity contribution in [1.82, 2.24) is 0 Å². The van der Waals surface area contributed by atoms with Gasteiger partial charge in [0, 0.05) is 0 Å². The number of rotatable bonds is 7. The molecular weight excluding hydrogens is 659 g/mol. The molecule has 0 aromatic heterocycles. The summed E-state index contributed by atoms with van der Waals surface area (Å²) in [7, 11) is 0. The lowest BCUT2D eigenvalue weighted by Gasteiger charge is -2.26. The van der Waals surface area contributed by atoms with Crippen LogP contribution in [0, 0.1) is 0 Å². The van der Waals surface area contributed by atoms with Crippen molar-refractivity contribution in [3.63, 3.8) is 0 Å². The van der Waals surface area contributed by atoms with Crippen molar-refractivity contribution < 1.29 is 0 Å². The van der Waals surface area contributed by atoms with Gasteiger partial charge in [0.1, 0.15) is 0 Å². The quantitative estimate of drug-likeness (QED) is 0.115. The maximum atomic E-state index is 2.53. The molecule has 0 fully saturated rings. The molecule has 0 unspecified atom stereocenters. The first-order chi connectivity index (χ1) is 27.3. The summed E-state index contributed by atoms with van der Waals surface area (Å²) in [5, 5.41) is 5.32. The van der Waals surface area contributed by atoms with Gasteiger partial charge in [-0.1, -0.05) is 223 Å². The highest BCUT2D eigenvalue weighted by molar-refractivity contribution is 6.95. The zero-order valence-electron chi connectivity index (χ0n) is 30.7. The lowest BCUT2D eigenvalue weighted by atomic mass is 9.36. The second-order valence-corrected chi connectivity index (χ2v) is 14.7. The summed E-state index contributed by atoms with van der Waals surface area (Å²) in [6.07, 6.45) is 6.83. The Balaban J connectivity index is 1.31. The fourth-order valence-corrected chi connectivity index (χ4v) is 8.97. The van der Waals surface area contributed by atoms with Crippen LogP contribution in [0.4, 0.5) is 0 Å². The van der Waals surface area contributed by atoms with Gasteiger partial charge in [0.25, 0.3) is 0 Å². The average molecular weight is 699 g/mol. The van der Waals surface area contributed by atoms with Crippen LogP contribution in [-0.4, -0.2) is 6.71 Å². The van der Waals surface area contributed by atoms with Gasteiger partial charge in [-0.25, -0.2) is 0 Å². The van der Waals surface area contributed by atoms with Gasteiger partial charge in [-0.05, 0) is 96.1 Å². The maximum Gasteiger partial charge on any atom is 0.241 e. The summed E-state index contributed by atoms with van der Waals surface area (Å²) >= 11 is 0. The Labute approximate surface area is 324 Å². The largest absolute Gasteiger partial charge is 0.241 e. The van der Waals surface area contributed by atoms with Crippen LogP contribution < -0.4 is 16.4 Å². The normalized spacial score (nSPS) is 12.1. The highest BCUT2D eigenvalue weighted by atomic mass is 14.3. The van der Waals surface area contributed by atoms with Crippen molar-refractivity contribution >= 4 is 50.7 Å². The van der Waals surface area contributed by atoms with Crippen molar-refractivity contribution in [2.24, 2.45) is 0 Å². The van der Waals surface area contributed by atoms with Crippen LogP contribution >= 0.6 is 0 Å². The molecule has 0 heterocycles. The Hall–Kier alpha value is -6.70. The predicted octanol–water partition coefficient (Wildman–Crippen LogP) is 12.1. The summed E-state index contributed by atoms with van der Waals surface area (Å²) in [6.45, 7) is 0.0730. The fourth-order valence-electron chi connectivity index (χ4n) is 8.97. The lowest BCUT2D eigenvalue weighted by Crippen LogP contribution is -2.52. The third-order valence-corrected chi connectivity index (χ3v) is 11.4. The monoisotopic (exact) mass is 698 g/mol. The van der Waals surface area contributed by atoms with Crippen molar-refractivity contribution in [2.75, 3.05) is 0 Å². The van der Waals surface area contributed by atoms with E-state index in [-0.39, 0.29) is 6.71 Å². The minimum absolute atomic E-state index is 0.0730. The van der Waals surface area contributed by atoms with E-state index in [9.17, 15) is 0 Å². The first kappa shape index (κ1) is 32.9. The molecule has 0 N–H and O–H groups in total. The van der Waals surface area contributed by atoms with Gasteiger partial charge in [-0.2, -0.15) is 0 Å². The van der Waals surface area contributed by atoms with Crippen molar-refractivity contribution in [3.8, 4) is 44.5 Å². The smallest absolute Gasteiger partial charge is 0.0836 e. The third kappa shape index (κ3) is 5.99. The van der Waals surface area contributed by atoms with E-state index in [4.69, 9.17) is 0 Å². The van der Waals surface area contributed by atoms with E-state index in [0.29, 0.717) is 0 Å². The molecule has 0 bridgehead atoms. The second kappa shape index (κ2) is 14.3. The van der Waals surface area contributed by atoms with Crippen LogP contribution in [0.1, 0.15) is 17.5 Å². The van der Waals surface area contributed by atoms with Crippen LogP contribution in [0.3, 0.4) is 0 Å². The zero-order chi connectivity index (χ0) is 36.6. The second-order valence-electron chi connectivity index (χ2n) is 14.7. The van der Waals surface area contributed by atoms with Gasteiger partial charge < -0.3 is 0 Å². The van der Waals surface area contributed by atoms with E-state index in [1.54, 1.807) is 0 Å². The summed E-state index contributed by atoms with van der Waals surface area (Å²) in [5.74, 6) is 0. The minimum atomic E-state index is 0.0730. The van der Waals surface area contributed by atoms with Crippen LogP contribution in [0.2, 0.25) is 0 Å². The lowest BCUT2D eigenvalue weighted by molar-refractivity contribution is 1.00. The van der Waals surface area contributed by atoms with Gasteiger partial charge in [0.05, 0.1) is 0 Å². The molecule has 9 aromatic rings. The minimum Gasteiger partial charge on any atom is -0.0836 e. The van der Waals surface area contributed by atoms with Gasteiger partial charge in [-0.15, -0.1) is 0 Å². The molecule has 0 amide bonds. The summed E-state index contributed by atoms with van der Waals surface area (Å²) in [5.41, 5.74) is 16.7. The summed E-state index contributed by atoms with van der Waals surface area (Å²) < 4.78 is 0. The van der Waals surface area contributed by atoms with Crippen LogP contribution in [0.15, 0.2) is 206 Å². The van der Waals surface area contributed by atoms with E-state index >= 15 is 0 Å². The Kier molecular flexibility index (Phi) is 8.54. The molecule has 10 rings (SSSR count). The third-order valence-electron chi connectivity index (χ3n) is 11.4. The maximum absolute atomic E-state index is 2.53. The number of benzene rings is 9. The molecule has 0 saturated carbocycles. The first-order valence-corrected chi connectivity index (χ1v) is 19.4. The molecule has 55 heavy (non-hydrogen) atoms. The average Bonchev–Trinajstić information content (AvgIpc) is 3.27. The highest BCUT2D eigenvalue weighted by Gasteiger charge is 2.27. The van der Waals surface area contributed by atoms with E-state index in [1.165, 1.54) is 93.6 Å². The molecule has 1 aliphatic rings. The van der Waals surface area contributed by atoms with Crippen LogP contribution in [-0.2, 0) is 6.42 Å². The van der Waals surface area contributed by atoms with Gasteiger partial charge in [0.2, 0.25) is 6.71 Å². The van der Waals surface area contributed by atoms with Crippen LogP contribution in [0.5, 0.6) is 0 Å². The zero-order valence-corrected chi connectivity index (χ0v) is 30.7. The Morgan fingerprint density at radius 2 is 0.909 bits per heavy atom. The molecule has 0 atom stereocenters. The molecule has 258 valence electrons.